The van der Waals surface area contributed by atoms with Crippen LogP contribution < -0.4 is 0 Å². The highest BCUT2D eigenvalue weighted by molar-refractivity contribution is 9.13. The van der Waals surface area contributed by atoms with E-state index in [1.807, 2.05) is 30.3 Å². The molecule has 88 valence electrons. The third-order valence-corrected chi connectivity index (χ3v) is 4.77. The number of aromatic nitrogens is 1. The van der Waals surface area contributed by atoms with Gasteiger partial charge in [-0.15, -0.1) is 0 Å². The van der Waals surface area contributed by atoms with Crippen LogP contribution in [0.25, 0.3) is 22.0 Å². The molecule has 0 spiro atoms. The van der Waals surface area contributed by atoms with Crippen LogP contribution in [0.1, 0.15) is 0 Å². The number of halogens is 2. The predicted octanol–water partition coefficient (Wildman–Crippen LogP) is 5.43. The monoisotopic (exact) mass is 361 g/mol. The topological polar surface area (TPSA) is 12.9 Å². The fourth-order valence-electron chi connectivity index (χ4n) is 2.02. The van der Waals surface area contributed by atoms with Crippen molar-refractivity contribution in [1.82, 2.24) is 4.98 Å². The van der Waals surface area contributed by atoms with Crippen LogP contribution in [0.4, 0.5) is 0 Å². The van der Waals surface area contributed by atoms with Gasteiger partial charge < -0.3 is 0 Å². The first-order valence-electron chi connectivity index (χ1n) is 5.56. The molecule has 0 atom stereocenters. The van der Waals surface area contributed by atoms with Gasteiger partial charge in [-0.3, -0.25) is 0 Å². The molecule has 0 aliphatic heterocycles. The van der Waals surface area contributed by atoms with Crippen LogP contribution in [-0.4, -0.2) is 4.98 Å². The Morgan fingerprint density at radius 3 is 2.06 bits per heavy atom. The van der Waals surface area contributed by atoms with E-state index in [0.29, 0.717) is 0 Å². The van der Waals surface area contributed by atoms with Crippen molar-refractivity contribution in [3.63, 3.8) is 0 Å². The summed E-state index contributed by atoms with van der Waals surface area (Å²) in [6.07, 6.45) is 0. The number of hydrogen-bond acceptors (Lipinski definition) is 1. The molecular formula is C15H9Br2N. The zero-order valence-corrected chi connectivity index (χ0v) is 12.6. The van der Waals surface area contributed by atoms with Crippen molar-refractivity contribution >= 4 is 42.6 Å². The quantitative estimate of drug-likeness (QED) is 0.526. The standard InChI is InChI=1S/C15H9Br2N/c16-13-11-8-4-5-9-12(11)14(18-15(13)17)10-6-2-1-3-7-10/h1-9H. The summed E-state index contributed by atoms with van der Waals surface area (Å²) in [6, 6.07) is 18.5. The largest absolute Gasteiger partial charge is 0.239 e. The van der Waals surface area contributed by atoms with Crippen LogP contribution in [0, 0.1) is 0 Å². The maximum absolute atomic E-state index is 4.64. The number of benzene rings is 2. The first-order chi connectivity index (χ1) is 8.77. The number of fused-ring (bicyclic) bond motifs is 1. The predicted molar refractivity (Wildman–Crippen MR) is 82.6 cm³/mol. The molecule has 1 aromatic heterocycles. The molecule has 0 saturated heterocycles. The summed E-state index contributed by atoms with van der Waals surface area (Å²) in [5.74, 6) is 0. The number of rotatable bonds is 1. The number of pyridine rings is 1. The van der Waals surface area contributed by atoms with E-state index in [2.05, 4.69) is 61.1 Å². The molecule has 0 fully saturated rings. The molecule has 0 amide bonds. The van der Waals surface area contributed by atoms with E-state index in [-0.39, 0.29) is 0 Å². The zero-order valence-electron chi connectivity index (χ0n) is 9.40. The van der Waals surface area contributed by atoms with E-state index in [4.69, 9.17) is 0 Å². The summed E-state index contributed by atoms with van der Waals surface area (Å²) < 4.78 is 1.83. The van der Waals surface area contributed by atoms with Crippen LogP contribution in [0.2, 0.25) is 0 Å². The van der Waals surface area contributed by atoms with Crippen LogP contribution in [0.5, 0.6) is 0 Å². The van der Waals surface area contributed by atoms with Crippen molar-refractivity contribution in [2.24, 2.45) is 0 Å². The second-order valence-corrected chi connectivity index (χ2v) is 5.52. The van der Waals surface area contributed by atoms with Crippen molar-refractivity contribution in [3.05, 3.63) is 63.7 Å². The lowest BCUT2D eigenvalue weighted by Crippen LogP contribution is -1.89. The van der Waals surface area contributed by atoms with Gasteiger partial charge >= 0.3 is 0 Å². The minimum Gasteiger partial charge on any atom is -0.239 e. The molecule has 0 saturated carbocycles. The van der Waals surface area contributed by atoms with Crippen LogP contribution in [0.3, 0.4) is 0 Å². The maximum atomic E-state index is 4.64. The molecule has 3 rings (SSSR count). The normalized spacial score (nSPS) is 10.8. The number of hydrogen-bond donors (Lipinski definition) is 0. The molecule has 0 aliphatic rings. The SMILES string of the molecule is Brc1nc(-c2ccccc2)c2ccccc2c1Br. The van der Waals surface area contributed by atoms with Crippen molar-refractivity contribution in [2.75, 3.05) is 0 Å². The average molecular weight is 363 g/mol. The Labute approximate surface area is 122 Å². The summed E-state index contributed by atoms with van der Waals surface area (Å²) in [5, 5.41) is 2.32. The summed E-state index contributed by atoms with van der Waals surface area (Å²) >= 11 is 7.08. The van der Waals surface area contributed by atoms with Gasteiger partial charge in [0.05, 0.1) is 10.2 Å². The minimum absolute atomic E-state index is 0.833. The summed E-state index contributed by atoms with van der Waals surface area (Å²) in [7, 11) is 0. The molecule has 1 heterocycles. The van der Waals surface area contributed by atoms with Crippen molar-refractivity contribution in [1.29, 1.82) is 0 Å². The first kappa shape index (κ1) is 11.9. The highest BCUT2D eigenvalue weighted by atomic mass is 79.9. The molecule has 0 aliphatic carbocycles. The highest BCUT2D eigenvalue weighted by Gasteiger charge is 2.11. The Bertz CT molecular complexity index is 708. The average Bonchev–Trinajstić information content (AvgIpc) is 2.44. The van der Waals surface area contributed by atoms with Crippen molar-refractivity contribution in [3.8, 4) is 11.3 Å². The van der Waals surface area contributed by atoms with Crippen LogP contribution in [0.15, 0.2) is 63.7 Å². The molecule has 0 N–H and O–H groups in total. The van der Waals surface area contributed by atoms with Gasteiger partial charge in [-0.1, -0.05) is 54.6 Å². The van der Waals surface area contributed by atoms with Crippen molar-refractivity contribution in [2.45, 2.75) is 0 Å². The maximum Gasteiger partial charge on any atom is 0.121 e. The Morgan fingerprint density at radius 1 is 0.722 bits per heavy atom. The lowest BCUT2D eigenvalue weighted by atomic mass is 10.0. The van der Waals surface area contributed by atoms with Gasteiger partial charge in [-0.2, -0.15) is 0 Å². The van der Waals surface area contributed by atoms with E-state index in [9.17, 15) is 0 Å². The summed E-state index contributed by atoms with van der Waals surface area (Å²) in [4.78, 5) is 4.64. The van der Waals surface area contributed by atoms with E-state index < -0.39 is 0 Å². The van der Waals surface area contributed by atoms with Gasteiger partial charge in [0.2, 0.25) is 0 Å². The van der Waals surface area contributed by atoms with Gasteiger partial charge in [0, 0.05) is 16.3 Å². The van der Waals surface area contributed by atoms with Crippen LogP contribution in [-0.2, 0) is 0 Å². The Balaban J connectivity index is 2.40. The molecule has 1 nitrogen and oxygen atoms in total. The first-order valence-corrected chi connectivity index (χ1v) is 7.15. The van der Waals surface area contributed by atoms with Gasteiger partial charge in [0.25, 0.3) is 0 Å². The Hall–Kier alpha value is -1.19. The van der Waals surface area contributed by atoms with Gasteiger partial charge in [-0.05, 0) is 31.9 Å². The molecular weight excluding hydrogens is 354 g/mol. The van der Waals surface area contributed by atoms with E-state index >= 15 is 0 Å². The second-order valence-electron chi connectivity index (χ2n) is 3.98. The Kier molecular flexibility index (Phi) is 3.18. The minimum atomic E-state index is 0.833. The lowest BCUT2D eigenvalue weighted by Gasteiger charge is -2.09. The third-order valence-electron chi connectivity index (χ3n) is 2.86. The molecule has 3 heteroatoms. The van der Waals surface area contributed by atoms with E-state index in [1.165, 1.54) is 5.39 Å². The van der Waals surface area contributed by atoms with Crippen LogP contribution >= 0.6 is 31.9 Å². The highest BCUT2D eigenvalue weighted by Crippen LogP contribution is 2.35. The fraction of sp³-hybridized carbons (Fsp3) is 0. The van der Waals surface area contributed by atoms with Gasteiger partial charge in [-0.25, -0.2) is 4.98 Å². The van der Waals surface area contributed by atoms with Gasteiger partial charge in [0.15, 0.2) is 0 Å². The molecule has 0 unspecified atom stereocenters. The van der Waals surface area contributed by atoms with Gasteiger partial charge in [0.1, 0.15) is 4.60 Å². The summed E-state index contributed by atoms with van der Waals surface area (Å²) in [6.45, 7) is 0. The zero-order chi connectivity index (χ0) is 12.5. The molecule has 3 aromatic rings. The van der Waals surface area contributed by atoms with E-state index in [1.54, 1.807) is 0 Å². The molecule has 2 aromatic carbocycles. The lowest BCUT2D eigenvalue weighted by molar-refractivity contribution is 1.29. The third kappa shape index (κ3) is 1.98. The molecule has 0 bridgehead atoms. The Morgan fingerprint density at radius 2 is 1.33 bits per heavy atom. The second kappa shape index (κ2) is 4.82. The molecule has 18 heavy (non-hydrogen) atoms. The fourth-order valence-corrected chi connectivity index (χ4v) is 2.84. The smallest absolute Gasteiger partial charge is 0.121 e. The van der Waals surface area contributed by atoms with Crippen molar-refractivity contribution < 1.29 is 0 Å². The summed E-state index contributed by atoms with van der Waals surface area (Å²) in [5.41, 5.74) is 2.13. The number of nitrogens with zero attached hydrogens (tertiary/aromatic N) is 1. The molecule has 0 radical (unpaired) electrons. The van der Waals surface area contributed by atoms with E-state index in [0.717, 1.165) is 25.7 Å².